The fourth-order valence-electron chi connectivity index (χ4n) is 3.49. The van der Waals surface area contributed by atoms with E-state index in [4.69, 9.17) is 0 Å². The van der Waals surface area contributed by atoms with Crippen LogP contribution in [-0.2, 0) is 0 Å². The van der Waals surface area contributed by atoms with Crippen molar-refractivity contribution in [2.45, 2.75) is 73.1 Å². The summed E-state index contributed by atoms with van der Waals surface area (Å²) in [6.45, 7) is 15.5. The number of rotatable bonds is 7. The minimum Gasteiger partial charge on any atom is -0.0988 e. The van der Waals surface area contributed by atoms with Gasteiger partial charge in [-0.2, -0.15) is 0 Å². The van der Waals surface area contributed by atoms with Crippen LogP contribution in [0.5, 0.6) is 0 Å². The van der Waals surface area contributed by atoms with Crippen molar-refractivity contribution in [3.05, 3.63) is 36.0 Å². The lowest BCUT2D eigenvalue weighted by Gasteiger charge is -2.33. The molecule has 1 aliphatic rings. The van der Waals surface area contributed by atoms with Crippen LogP contribution in [0.3, 0.4) is 0 Å². The van der Waals surface area contributed by atoms with Crippen LogP contribution in [0.15, 0.2) is 36.0 Å². The van der Waals surface area contributed by atoms with Crippen molar-refractivity contribution in [1.29, 1.82) is 0 Å². The van der Waals surface area contributed by atoms with Crippen molar-refractivity contribution in [3.8, 4) is 0 Å². The molecule has 0 radical (unpaired) electrons. The predicted molar refractivity (Wildman–Crippen MR) is 96.4 cm³/mol. The van der Waals surface area contributed by atoms with Gasteiger partial charge >= 0.3 is 0 Å². The van der Waals surface area contributed by atoms with E-state index >= 15 is 0 Å². The van der Waals surface area contributed by atoms with E-state index in [1.165, 1.54) is 49.7 Å². The Balaban J connectivity index is 2.49. The maximum absolute atomic E-state index is 4.02. The molecule has 1 atom stereocenters. The summed E-state index contributed by atoms with van der Waals surface area (Å²) in [4.78, 5) is 0. The van der Waals surface area contributed by atoms with E-state index in [-0.39, 0.29) is 0 Å². The minimum atomic E-state index is 0.742. The van der Waals surface area contributed by atoms with Crippen LogP contribution in [-0.4, -0.2) is 0 Å². The van der Waals surface area contributed by atoms with Crippen LogP contribution in [0.2, 0.25) is 0 Å². The summed E-state index contributed by atoms with van der Waals surface area (Å²) < 4.78 is 0. The van der Waals surface area contributed by atoms with E-state index in [1.807, 2.05) is 0 Å². The summed E-state index contributed by atoms with van der Waals surface area (Å²) in [7, 11) is 0. The Morgan fingerprint density at radius 3 is 2.10 bits per heavy atom. The number of hydrogen-bond acceptors (Lipinski definition) is 0. The van der Waals surface area contributed by atoms with E-state index in [0.717, 1.165) is 23.7 Å². The Kier molecular flexibility index (Phi) is 8.07. The average Bonchev–Trinajstić information content (AvgIpc) is 2.45. The van der Waals surface area contributed by atoms with Crippen LogP contribution < -0.4 is 0 Å². The maximum atomic E-state index is 4.02. The van der Waals surface area contributed by atoms with Crippen LogP contribution in [0, 0.1) is 23.7 Å². The van der Waals surface area contributed by atoms with E-state index in [1.54, 1.807) is 0 Å². The van der Waals surface area contributed by atoms with Gasteiger partial charge in [-0.15, -0.1) is 0 Å². The van der Waals surface area contributed by atoms with Crippen molar-refractivity contribution in [1.82, 2.24) is 0 Å². The molecule has 0 N–H and O–H groups in total. The third kappa shape index (κ3) is 6.68. The highest BCUT2D eigenvalue weighted by atomic mass is 14.3. The summed E-state index contributed by atoms with van der Waals surface area (Å²) in [5.41, 5.74) is 2.81. The molecule has 0 heterocycles. The van der Waals surface area contributed by atoms with Crippen LogP contribution in [0.25, 0.3) is 0 Å². The van der Waals surface area contributed by atoms with Gasteiger partial charge in [-0.3, -0.25) is 0 Å². The molecule has 1 aliphatic carbocycles. The first kappa shape index (κ1) is 18.3. The zero-order valence-corrected chi connectivity index (χ0v) is 15.0. The molecule has 0 aromatic heterocycles. The van der Waals surface area contributed by atoms with Gasteiger partial charge in [0.25, 0.3) is 0 Å². The van der Waals surface area contributed by atoms with Gasteiger partial charge in [0.2, 0.25) is 0 Å². The predicted octanol–water partition coefficient (Wildman–Crippen LogP) is 6.94. The molecule has 0 heteroatoms. The molecule has 1 rings (SSSR count). The van der Waals surface area contributed by atoms with Crippen molar-refractivity contribution >= 4 is 0 Å². The Morgan fingerprint density at radius 1 is 1.00 bits per heavy atom. The van der Waals surface area contributed by atoms with Gasteiger partial charge in [-0.1, -0.05) is 64.0 Å². The van der Waals surface area contributed by atoms with Gasteiger partial charge in [0.1, 0.15) is 0 Å². The second-order valence-electron chi connectivity index (χ2n) is 7.67. The van der Waals surface area contributed by atoms with Crippen molar-refractivity contribution in [2.24, 2.45) is 23.7 Å². The van der Waals surface area contributed by atoms with Gasteiger partial charge in [0.05, 0.1) is 0 Å². The fraction of sp³-hybridized carbons (Fsp3) is 0.714. The molecule has 1 unspecified atom stereocenters. The van der Waals surface area contributed by atoms with Crippen molar-refractivity contribution in [2.75, 3.05) is 0 Å². The zero-order chi connectivity index (χ0) is 15.8. The first-order valence-electron chi connectivity index (χ1n) is 8.91. The lowest BCUT2D eigenvalue weighted by molar-refractivity contribution is 0.216. The largest absolute Gasteiger partial charge is 0.0988 e. The molecule has 0 bridgehead atoms. The summed E-state index contributed by atoms with van der Waals surface area (Å²) in [5, 5.41) is 0. The Hall–Kier alpha value is -0.780. The zero-order valence-electron chi connectivity index (χ0n) is 15.0. The smallest absolute Gasteiger partial charge is 0.0162 e. The molecule has 1 saturated carbocycles. The summed E-state index contributed by atoms with van der Waals surface area (Å²) >= 11 is 0. The Labute approximate surface area is 133 Å². The lowest BCUT2D eigenvalue weighted by atomic mass is 9.72. The highest BCUT2D eigenvalue weighted by Gasteiger charge is 2.26. The highest BCUT2D eigenvalue weighted by molar-refractivity contribution is 5.26. The monoisotopic (exact) mass is 288 g/mol. The average molecular weight is 289 g/mol. The summed E-state index contributed by atoms with van der Waals surface area (Å²) in [6.07, 6.45) is 14.9. The van der Waals surface area contributed by atoms with Gasteiger partial charge in [0, 0.05) is 0 Å². The van der Waals surface area contributed by atoms with E-state index in [2.05, 4.69) is 59.4 Å². The molecule has 120 valence electrons. The topological polar surface area (TPSA) is 0 Å². The third-order valence-corrected chi connectivity index (χ3v) is 5.09. The van der Waals surface area contributed by atoms with E-state index in [9.17, 15) is 0 Å². The molecular weight excluding hydrogens is 252 g/mol. The van der Waals surface area contributed by atoms with E-state index in [0.29, 0.717) is 0 Å². The summed E-state index contributed by atoms with van der Waals surface area (Å²) in [5.74, 6) is 3.45. The third-order valence-electron chi connectivity index (χ3n) is 5.09. The standard InChI is InChI=1S/C21H36/c1-7-19(11-9-17(4)5)21-14-12-20(13-15-21)18(6)10-8-16(2)3/h7,9,11,16,18,20-21H,1,8,10,12-15H2,2-6H3/b19-11+. The normalized spacial score (nSPS) is 24.8. The summed E-state index contributed by atoms with van der Waals surface area (Å²) in [6, 6.07) is 0. The number of allylic oxidation sites excluding steroid dienone is 5. The second kappa shape index (κ2) is 9.28. The molecule has 21 heavy (non-hydrogen) atoms. The number of hydrogen-bond donors (Lipinski definition) is 0. The minimum absolute atomic E-state index is 0.742. The molecule has 0 aromatic rings. The van der Waals surface area contributed by atoms with Crippen molar-refractivity contribution < 1.29 is 0 Å². The molecule has 0 nitrogen and oxygen atoms in total. The lowest BCUT2D eigenvalue weighted by Crippen LogP contribution is -2.21. The molecule has 0 aliphatic heterocycles. The SMILES string of the molecule is C=C/C(=C\C=C(C)C)C1CCC(C(C)CCC(C)C)CC1. The first-order chi connectivity index (χ1) is 9.93. The molecule has 0 aromatic carbocycles. The second-order valence-corrected chi connectivity index (χ2v) is 7.67. The van der Waals surface area contributed by atoms with E-state index < -0.39 is 0 Å². The van der Waals surface area contributed by atoms with Crippen LogP contribution in [0.1, 0.15) is 73.1 Å². The first-order valence-corrected chi connectivity index (χ1v) is 8.91. The van der Waals surface area contributed by atoms with Gasteiger partial charge in [0.15, 0.2) is 0 Å². The van der Waals surface area contributed by atoms with Crippen molar-refractivity contribution in [3.63, 3.8) is 0 Å². The molecule has 0 amide bonds. The Bertz CT molecular complexity index is 357. The molecular formula is C21H36. The van der Waals surface area contributed by atoms with Crippen LogP contribution >= 0.6 is 0 Å². The fourth-order valence-corrected chi connectivity index (χ4v) is 3.49. The van der Waals surface area contributed by atoms with Gasteiger partial charge in [-0.25, -0.2) is 0 Å². The maximum Gasteiger partial charge on any atom is -0.0162 e. The quantitative estimate of drug-likeness (QED) is 0.445. The Morgan fingerprint density at radius 2 is 1.62 bits per heavy atom. The molecule has 1 fully saturated rings. The van der Waals surface area contributed by atoms with Crippen LogP contribution in [0.4, 0.5) is 0 Å². The van der Waals surface area contributed by atoms with Gasteiger partial charge < -0.3 is 0 Å². The molecule has 0 saturated heterocycles. The highest BCUT2D eigenvalue weighted by Crippen LogP contribution is 2.38. The van der Waals surface area contributed by atoms with Gasteiger partial charge in [-0.05, 0) is 68.8 Å². The molecule has 0 spiro atoms.